The molecule has 0 spiro atoms. The predicted octanol–water partition coefficient (Wildman–Crippen LogP) is 2.86. The predicted molar refractivity (Wildman–Crippen MR) is 61.8 cm³/mol. The number of cyclic esters (lactones) is 1. The third-order valence-corrected chi connectivity index (χ3v) is 4.66. The van der Waals surface area contributed by atoms with E-state index in [0.717, 1.165) is 5.56 Å². The fourth-order valence-electron chi connectivity index (χ4n) is 1.94. The van der Waals surface area contributed by atoms with Crippen molar-refractivity contribution in [2.24, 2.45) is 5.92 Å². The Hall–Kier alpha value is -0.830. The summed E-state index contributed by atoms with van der Waals surface area (Å²) in [7, 11) is 0. The smallest absolute Gasteiger partial charge is 0.310 e. The van der Waals surface area contributed by atoms with Gasteiger partial charge >= 0.3 is 5.97 Å². The van der Waals surface area contributed by atoms with Crippen LogP contribution in [0, 0.1) is 5.92 Å². The molecule has 0 unspecified atom stereocenters. The van der Waals surface area contributed by atoms with Crippen LogP contribution >= 0.6 is 15.9 Å². The van der Waals surface area contributed by atoms with Crippen molar-refractivity contribution in [1.82, 2.24) is 0 Å². The first-order valence-electron chi connectivity index (χ1n) is 4.98. The number of hydrogen-bond acceptors (Lipinski definition) is 2. The summed E-state index contributed by atoms with van der Waals surface area (Å²) in [5.41, 5.74) is 0.488. The molecule has 1 aliphatic heterocycles. The molecule has 0 aliphatic carbocycles. The van der Waals surface area contributed by atoms with Crippen LogP contribution < -0.4 is 0 Å². The highest BCUT2D eigenvalue weighted by atomic mass is 79.9. The number of carbonyl (C=O) groups excluding carboxylic acids is 1. The van der Waals surface area contributed by atoms with Gasteiger partial charge in [0.2, 0.25) is 0 Å². The van der Waals surface area contributed by atoms with Crippen LogP contribution in [0.4, 0.5) is 0 Å². The van der Waals surface area contributed by atoms with Gasteiger partial charge in [-0.05, 0) is 12.5 Å². The molecule has 1 aromatic rings. The van der Waals surface area contributed by atoms with E-state index < -0.39 is 5.60 Å². The molecule has 0 saturated carbocycles. The first-order valence-corrected chi connectivity index (χ1v) is 5.89. The number of ether oxygens (including phenoxy) is 1. The third kappa shape index (κ3) is 1.59. The minimum atomic E-state index is -0.544. The summed E-state index contributed by atoms with van der Waals surface area (Å²) < 4.78 is 5.47. The van der Waals surface area contributed by atoms with Gasteiger partial charge in [0.25, 0.3) is 0 Å². The Labute approximate surface area is 97.8 Å². The number of halogens is 1. The minimum Gasteiger partial charge on any atom is -0.453 e. The van der Waals surface area contributed by atoms with Crippen LogP contribution in [0.5, 0.6) is 0 Å². The molecule has 0 amide bonds. The number of rotatable bonds is 1. The highest BCUT2D eigenvalue weighted by Gasteiger charge is 2.50. The quantitative estimate of drug-likeness (QED) is 0.579. The van der Waals surface area contributed by atoms with Gasteiger partial charge < -0.3 is 4.74 Å². The summed E-state index contributed by atoms with van der Waals surface area (Å²) >= 11 is 3.56. The monoisotopic (exact) mass is 268 g/mol. The van der Waals surface area contributed by atoms with Gasteiger partial charge in [-0.15, -0.1) is 0 Å². The summed E-state index contributed by atoms with van der Waals surface area (Å²) in [6.45, 7) is 3.83. The van der Waals surface area contributed by atoms with Crippen LogP contribution in [-0.2, 0) is 15.1 Å². The van der Waals surface area contributed by atoms with E-state index in [2.05, 4.69) is 15.9 Å². The molecule has 1 heterocycles. The minimum absolute atomic E-state index is 0.0277. The van der Waals surface area contributed by atoms with Gasteiger partial charge in [-0.3, -0.25) is 4.79 Å². The number of hydrogen-bond donors (Lipinski definition) is 0. The lowest BCUT2D eigenvalue weighted by Crippen LogP contribution is -2.30. The molecule has 3 heteroatoms. The van der Waals surface area contributed by atoms with Crippen molar-refractivity contribution in [3.05, 3.63) is 35.9 Å². The largest absolute Gasteiger partial charge is 0.453 e. The standard InChI is InChI=1S/C12H13BrO2/c1-8-10(13)12(2,15-11(8)14)9-6-4-3-5-7-9/h3-8,10H,1-2H3/t8-,10-,12+/m1/s1. The first-order chi connectivity index (χ1) is 7.05. The van der Waals surface area contributed by atoms with Crippen LogP contribution in [0.2, 0.25) is 0 Å². The summed E-state index contributed by atoms with van der Waals surface area (Å²) in [5.74, 6) is -0.238. The van der Waals surface area contributed by atoms with E-state index in [9.17, 15) is 4.79 Å². The molecule has 0 bridgehead atoms. The second kappa shape index (κ2) is 3.63. The molecule has 2 nitrogen and oxygen atoms in total. The summed E-state index contributed by atoms with van der Waals surface area (Å²) in [6, 6.07) is 9.84. The van der Waals surface area contributed by atoms with Crippen molar-refractivity contribution in [2.45, 2.75) is 24.3 Å². The van der Waals surface area contributed by atoms with E-state index >= 15 is 0 Å². The Kier molecular flexibility index (Phi) is 2.59. The SMILES string of the molecule is C[C@H]1C(=O)O[C@@](C)(c2ccccc2)[C@@H]1Br. The highest BCUT2D eigenvalue weighted by Crippen LogP contribution is 2.43. The Morgan fingerprint density at radius 2 is 1.93 bits per heavy atom. The topological polar surface area (TPSA) is 26.3 Å². The van der Waals surface area contributed by atoms with Crippen molar-refractivity contribution in [3.8, 4) is 0 Å². The van der Waals surface area contributed by atoms with E-state index in [1.165, 1.54) is 0 Å². The van der Waals surface area contributed by atoms with Crippen LogP contribution in [-0.4, -0.2) is 10.8 Å². The average molecular weight is 269 g/mol. The van der Waals surface area contributed by atoms with Crippen molar-refractivity contribution in [2.75, 3.05) is 0 Å². The molecule has 1 fully saturated rings. The van der Waals surface area contributed by atoms with Crippen molar-refractivity contribution < 1.29 is 9.53 Å². The third-order valence-electron chi connectivity index (χ3n) is 3.00. The summed E-state index contributed by atoms with van der Waals surface area (Å²) in [5, 5.41) is 0. The zero-order valence-corrected chi connectivity index (χ0v) is 10.3. The lowest BCUT2D eigenvalue weighted by Gasteiger charge is -2.27. The van der Waals surface area contributed by atoms with Crippen molar-refractivity contribution in [1.29, 1.82) is 0 Å². The van der Waals surface area contributed by atoms with Crippen molar-refractivity contribution in [3.63, 3.8) is 0 Å². The molecule has 80 valence electrons. The zero-order chi connectivity index (χ0) is 11.1. The molecule has 3 atom stereocenters. The molecule has 0 radical (unpaired) electrons. The zero-order valence-electron chi connectivity index (χ0n) is 8.74. The molecule has 1 saturated heterocycles. The lowest BCUT2D eigenvalue weighted by molar-refractivity contribution is -0.149. The van der Waals surface area contributed by atoms with Gasteiger partial charge in [-0.1, -0.05) is 53.2 Å². The molecule has 2 rings (SSSR count). The number of benzene rings is 1. The number of carbonyl (C=O) groups is 1. The maximum Gasteiger partial charge on any atom is 0.310 e. The van der Waals surface area contributed by atoms with Crippen molar-refractivity contribution >= 4 is 21.9 Å². The van der Waals surface area contributed by atoms with Crippen LogP contribution in [0.1, 0.15) is 19.4 Å². The van der Waals surface area contributed by atoms with E-state index in [1.54, 1.807) is 0 Å². The van der Waals surface area contributed by atoms with E-state index in [0.29, 0.717) is 0 Å². The van der Waals surface area contributed by atoms with Gasteiger partial charge in [-0.2, -0.15) is 0 Å². The van der Waals surface area contributed by atoms with Gasteiger partial charge in [0.1, 0.15) is 5.60 Å². The Morgan fingerprint density at radius 3 is 2.40 bits per heavy atom. The average Bonchev–Trinajstić information content (AvgIpc) is 2.45. The second-order valence-corrected chi connectivity index (χ2v) is 5.07. The first kappa shape index (κ1) is 10.7. The van der Waals surface area contributed by atoms with Gasteiger partial charge in [0.15, 0.2) is 0 Å². The number of alkyl halides is 1. The molecule has 0 N–H and O–H groups in total. The Balaban J connectivity index is 2.40. The van der Waals surface area contributed by atoms with Gasteiger partial charge in [0, 0.05) is 0 Å². The van der Waals surface area contributed by atoms with Gasteiger partial charge in [0.05, 0.1) is 10.7 Å². The normalized spacial score (nSPS) is 35.3. The molecule has 1 aliphatic rings. The van der Waals surface area contributed by atoms with E-state index in [-0.39, 0.29) is 16.7 Å². The van der Waals surface area contributed by atoms with Crippen LogP contribution in [0.15, 0.2) is 30.3 Å². The fourth-order valence-corrected chi connectivity index (χ4v) is 2.52. The lowest BCUT2D eigenvalue weighted by atomic mass is 9.89. The molecule has 0 aromatic heterocycles. The molecule has 1 aromatic carbocycles. The second-order valence-electron chi connectivity index (χ2n) is 4.08. The number of esters is 1. The molecular formula is C12H13BrO2. The summed E-state index contributed by atoms with van der Waals surface area (Å²) in [4.78, 5) is 11.5. The Bertz CT molecular complexity index is 376. The highest BCUT2D eigenvalue weighted by molar-refractivity contribution is 9.09. The van der Waals surface area contributed by atoms with E-state index in [1.807, 2.05) is 44.2 Å². The summed E-state index contributed by atoms with van der Waals surface area (Å²) in [6.07, 6.45) is 0. The molecular weight excluding hydrogens is 256 g/mol. The van der Waals surface area contributed by atoms with Crippen LogP contribution in [0.25, 0.3) is 0 Å². The maximum atomic E-state index is 11.5. The fraction of sp³-hybridized carbons (Fsp3) is 0.417. The van der Waals surface area contributed by atoms with Crippen LogP contribution in [0.3, 0.4) is 0 Å². The maximum absolute atomic E-state index is 11.5. The van der Waals surface area contributed by atoms with Gasteiger partial charge in [-0.25, -0.2) is 0 Å². The molecule has 15 heavy (non-hydrogen) atoms. The Morgan fingerprint density at radius 1 is 1.33 bits per heavy atom. The van der Waals surface area contributed by atoms with E-state index in [4.69, 9.17) is 4.74 Å².